The molecule has 2 heterocycles. The van der Waals surface area contributed by atoms with Crippen molar-refractivity contribution >= 4 is 35.6 Å². The standard InChI is InChI=1S/C18H27N7.HI/c1-14-6-5-7-16(12-14)24-8-10-25(11-9-24)18(19-3)20-13-17-22-21-15(2)23(17)4;/h5-7,12H,8-11,13H2,1-4H3,(H,19,20);1H. The third-order valence-corrected chi connectivity index (χ3v) is 4.75. The van der Waals surface area contributed by atoms with Crippen LogP contribution in [-0.2, 0) is 13.6 Å². The van der Waals surface area contributed by atoms with Crippen molar-refractivity contribution in [2.75, 3.05) is 38.1 Å². The molecule has 8 heteroatoms. The Bertz CT molecular complexity index is 748. The smallest absolute Gasteiger partial charge is 0.194 e. The van der Waals surface area contributed by atoms with Crippen molar-refractivity contribution in [2.24, 2.45) is 12.0 Å². The Balaban J connectivity index is 0.00000243. The summed E-state index contributed by atoms with van der Waals surface area (Å²) >= 11 is 0. The van der Waals surface area contributed by atoms with Crippen LogP contribution in [0.1, 0.15) is 17.2 Å². The van der Waals surface area contributed by atoms with Gasteiger partial charge in [-0.25, -0.2) is 0 Å². The number of anilines is 1. The lowest BCUT2D eigenvalue weighted by Crippen LogP contribution is -2.52. The summed E-state index contributed by atoms with van der Waals surface area (Å²) in [5.41, 5.74) is 2.61. The van der Waals surface area contributed by atoms with Crippen LogP contribution >= 0.6 is 24.0 Å². The number of guanidine groups is 1. The van der Waals surface area contributed by atoms with E-state index in [0.717, 1.165) is 43.8 Å². The van der Waals surface area contributed by atoms with E-state index in [2.05, 4.69) is 61.5 Å². The number of aliphatic imine (C=N–C) groups is 1. The van der Waals surface area contributed by atoms with E-state index < -0.39 is 0 Å². The molecule has 0 amide bonds. The molecule has 0 saturated carbocycles. The summed E-state index contributed by atoms with van der Waals surface area (Å²) < 4.78 is 2.00. The van der Waals surface area contributed by atoms with Crippen LogP contribution in [0.3, 0.4) is 0 Å². The number of aromatic nitrogens is 3. The quantitative estimate of drug-likeness (QED) is 0.423. The van der Waals surface area contributed by atoms with Gasteiger partial charge in [-0.15, -0.1) is 34.2 Å². The van der Waals surface area contributed by atoms with Crippen LogP contribution in [0.5, 0.6) is 0 Å². The number of hydrogen-bond donors (Lipinski definition) is 1. The van der Waals surface area contributed by atoms with E-state index in [1.807, 2.05) is 25.6 Å². The van der Waals surface area contributed by atoms with Gasteiger partial charge in [0.1, 0.15) is 5.82 Å². The van der Waals surface area contributed by atoms with Crippen LogP contribution in [0.25, 0.3) is 0 Å². The maximum Gasteiger partial charge on any atom is 0.194 e. The predicted molar refractivity (Wildman–Crippen MR) is 116 cm³/mol. The van der Waals surface area contributed by atoms with Gasteiger partial charge in [-0.3, -0.25) is 4.99 Å². The maximum absolute atomic E-state index is 4.43. The van der Waals surface area contributed by atoms with Crippen molar-refractivity contribution in [1.82, 2.24) is 25.0 Å². The molecule has 0 bridgehead atoms. The second-order valence-corrected chi connectivity index (χ2v) is 6.44. The molecule has 0 radical (unpaired) electrons. The highest BCUT2D eigenvalue weighted by Gasteiger charge is 2.20. The van der Waals surface area contributed by atoms with Gasteiger partial charge in [0.05, 0.1) is 6.54 Å². The Morgan fingerprint density at radius 3 is 2.46 bits per heavy atom. The highest BCUT2D eigenvalue weighted by Crippen LogP contribution is 2.17. The molecule has 0 spiro atoms. The average Bonchev–Trinajstić information content (AvgIpc) is 2.95. The van der Waals surface area contributed by atoms with Gasteiger partial charge in [-0.1, -0.05) is 12.1 Å². The largest absolute Gasteiger partial charge is 0.368 e. The maximum atomic E-state index is 4.43. The second kappa shape index (κ2) is 9.20. The van der Waals surface area contributed by atoms with Crippen LogP contribution < -0.4 is 10.2 Å². The summed E-state index contributed by atoms with van der Waals surface area (Å²) in [5, 5.41) is 11.7. The van der Waals surface area contributed by atoms with Gasteiger partial charge < -0.3 is 19.7 Å². The molecule has 1 aromatic heterocycles. The normalized spacial score (nSPS) is 15.0. The van der Waals surface area contributed by atoms with E-state index >= 15 is 0 Å². The Hall–Kier alpha value is -1.84. The molecule has 0 aliphatic carbocycles. The predicted octanol–water partition coefficient (Wildman–Crippen LogP) is 1.95. The summed E-state index contributed by atoms with van der Waals surface area (Å²) in [4.78, 5) is 9.17. The van der Waals surface area contributed by atoms with Crippen molar-refractivity contribution in [3.63, 3.8) is 0 Å². The Morgan fingerprint density at radius 2 is 1.88 bits per heavy atom. The van der Waals surface area contributed by atoms with Crippen molar-refractivity contribution in [1.29, 1.82) is 0 Å². The van der Waals surface area contributed by atoms with Crippen molar-refractivity contribution in [3.05, 3.63) is 41.5 Å². The van der Waals surface area contributed by atoms with E-state index in [4.69, 9.17) is 0 Å². The summed E-state index contributed by atoms with van der Waals surface area (Å²) in [6.45, 7) is 8.61. The molecule has 0 atom stereocenters. The molecule has 1 aliphatic rings. The zero-order valence-corrected chi connectivity index (χ0v) is 18.3. The molecular formula is C18H28IN7. The Morgan fingerprint density at radius 1 is 1.15 bits per heavy atom. The first-order chi connectivity index (χ1) is 12.1. The third-order valence-electron chi connectivity index (χ3n) is 4.75. The minimum absolute atomic E-state index is 0. The highest BCUT2D eigenvalue weighted by molar-refractivity contribution is 14.0. The minimum atomic E-state index is 0. The topological polar surface area (TPSA) is 61.6 Å². The molecule has 1 N–H and O–H groups in total. The number of nitrogens with one attached hydrogen (secondary N) is 1. The first-order valence-corrected chi connectivity index (χ1v) is 8.70. The molecule has 7 nitrogen and oxygen atoms in total. The fourth-order valence-electron chi connectivity index (χ4n) is 3.10. The summed E-state index contributed by atoms with van der Waals surface area (Å²) in [7, 11) is 3.81. The molecule has 3 rings (SSSR count). The molecular weight excluding hydrogens is 441 g/mol. The van der Waals surface area contributed by atoms with E-state index in [-0.39, 0.29) is 24.0 Å². The molecule has 1 fully saturated rings. The number of benzene rings is 1. The highest BCUT2D eigenvalue weighted by atomic mass is 127. The minimum Gasteiger partial charge on any atom is -0.368 e. The number of piperazine rings is 1. The molecule has 2 aromatic rings. The second-order valence-electron chi connectivity index (χ2n) is 6.44. The monoisotopic (exact) mass is 469 g/mol. The lowest BCUT2D eigenvalue weighted by molar-refractivity contribution is 0.371. The Kier molecular flexibility index (Phi) is 7.24. The fourth-order valence-corrected chi connectivity index (χ4v) is 3.10. The van der Waals surface area contributed by atoms with Gasteiger partial charge in [0.2, 0.25) is 0 Å². The molecule has 1 saturated heterocycles. The van der Waals surface area contributed by atoms with Crippen molar-refractivity contribution in [2.45, 2.75) is 20.4 Å². The number of nitrogens with zero attached hydrogens (tertiary/aromatic N) is 6. The van der Waals surface area contributed by atoms with Gasteiger partial charge in [-0.2, -0.15) is 0 Å². The third kappa shape index (κ3) is 4.66. The van der Waals surface area contributed by atoms with Gasteiger partial charge in [0.15, 0.2) is 11.8 Å². The van der Waals surface area contributed by atoms with Crippen LogP contribution in [0.15, 0.2) is 29.3 Å². The number of halogens is 1. The van der Waals surface area contributed by atoms with Crippen LogP contribution in [0.4, 0.5) is 5.69 Å². The van der Waals surface area contributed by atoms with Gasteiger partial charge in [0.25, 0.3) is 0 Å². The summed E-state index contributed by atoms with van der Waals surface area (Å²) in [5.74, 6) is 2.75. The number of hydrogen-bond acceptors (Lipinski definition) is 4. The summed E-state index contributed by atoms with van der Waals surface area (Å²) in [6.07, 6.45) is 0. The zero-order valence-electron chi connectivity index (χ0n) is 15.9. The first-order valence-electron chi connectivity index (χ1n) is 8.70. The number of aryl methyl sites for hydroxylation is 2. The summed E-state index contributed by atoms with van der Waals surface area (Å²) in [6, 6.07) is 8.70. The van der Waals surface area contributed by atoms with Gasteiger partial charge in [0, 0.05) is 46.0 Å². The fraction of sp³-hybridized carbons (Fsp3) is 0.500. The van der Waals surface area contributed by atoms with E-state index in [9.17, 15) is 0 Å². The van der Waals surface area contributed by atoms with Gasteiger partial charge >= 0.3 is 0 Å². The van der Waals surface area contributed by atoms with Crippen LogP contribution in [0.2, 0.25) is 0 Å². The zero-order chi connectivity index (χ0) is 17.8. The molecule has 1 aromatic carbocycles. The molecule has 0 unspecified atom stereocenters. The molecule has 26 heavy (non-hydrogen) atoms. The lowest BCUT2D eigenvalue weighted by Gasteiger charge is -2.37. The number of rotatable bonds is 3. The van der Waals surface area contributed by atoms with E-state index in [1.165, 1.54) is 11.3 Å². The first kappa shape index (κ1) is 20.5. The Labute approximate surface area is 172 Å². The van der Waals surface area contributed by atoms with Gasteiger partial charge in [-0.05, 0) is 31.5 Å². The van der Waals surface area contributed by atoms with Crippen molar-refractivity contribution < 1.29 is 0 Å². The lowest BCUT2D eigenvalue weighted by atomic mass is 10.2. The van der Waals surface area contributed by atoms with Crippen LogP contribution in [0, 0.1) is 13.8 Å². The van der Waals surface area contributed by atoms with Crippen LogP contribution in [-0.4, -0.2) is 58.9 Å². The molecule has 1 aliphatic heterocycles. The SMILES string of the molecule is CN=C(NCc1nnc(C)n1C)N1CCN(c2cccc(C)c2)CC1.I. The molecule has 142 valence electrons. The van der Waals surface area contributed by atoms with Crippen molar-refractivity contribution in [3.8, 4) is 0 Å². The van der Waals surface area contributed by atoms with E-state index in [0.29, 0.717) is 6.54 Å². The van der Waals surface area contributed by atoms with E-state index in [1.54, 1.807) is 0 Å². The average molecular weight is 469 g/mol.